The van der Waals surface area contributed by atoms with Crippen molar-refractivity contribution in [2.45, 2.75) is 11.4 Å². The van der Waals surface area contributed by atoms with Gasteiger partial charge in [-0.1, -0.05) is 6.07 Å². The number of imidazole rings is 1. The second-order valence-electron chi connectivity index (χ2n) is 5.11. The van der Waals surface area contributed by atoms with E-state index in [0.717, 1.165) is 0 Å². The largest absolute Gasteiger partial charge is 0.478 e. The zero-order valence-electron chi connectivity index (χ0n) is 12.2. The van der Waals surface area contributed by atoms with Gasteiger partial charge in [0, 0.05) is 6.54 Å². The molecule has 0 aliphatic carbocycles. The second-order valence-corrected chi connectivity index (χ2v) is 6.88. The van der Waals surface area contributed by atoms with Gasteiger partial charge in [-0.2, -0.15) is 0 Å². The summed E-state index contributed by atoms with van der Waals surface area (Å²) in [5.74, 6) is -1.12. The molecule has 0 saturated heterocycles. The van der Waals surface area contributed by atoms with Crippen molar-refractivity contribution in [3.05, 3.63) is 64.1 Å². The first-order valence-corrected chi connectivity index (χ1v) is 8.37. The van der Waals surface area contributed by atoms with Crippen molar-refractivity contribution in [1.29, 1.82) is 0 Å². The third-order valence-electron chi connectivity index (χ3n) is 3.46. The van der Waals surface area contributed by atoms with Gasteiger partial charge in [0.15, 0.2) is 0 Å². The topological polar surface area (TPSA) is 132 Å². The summed E-state index contributed by atoms with van der Waals surface area (Å²) < 4.78 is 26.9. The van der Waals surface area contributed by atoms with Crippen LogP contribution in [0, 0.1) is 0 Å². The summed E-state index contributed by atoms with van der Waals surface area (Å²) in [5.41, 5.74) is 1.57. The van der Waals surface area contributed by atoms with Gasteiger partial charge < -0.3 is 15.1 Å². The number of hydrogen-bond donors (Lipinski definition) is 4. The lowest BCUT2D eigenvalue weighted by molar-refractivity contribution is 0.0696. The minimum atomic E-state index is -3.77. The van der Waals surface area contributed by atoms with Crippen LogP contribution in [0.4, 0.5) is 0 Å². The normalized spacial score (nSPS) is 11.7. The zero-order chi connectivity index (χ0) is 17.3. The summed E-state index contributed by atoms with van der Waals surface area (Å²) >= 11 is 0. The molecule has 9 heteroatoms. The van der Waals surface area contributed by atoms with Crippen molar-refractivity contribution in [1.82, 2.24) is 14.7 Å². The maximum absolute atomic E-state index is 12.2. The first kappa shape index (κ1) is 16.0. The minimum absolute atomic E-state index is 0.0100. The summed E-state index contributed by atoms with van der Waals surface area (Å²) in [7, 11) is -3.77. The first-order chi connectivity index (χ1) is 11.3. The highest BCUT2D eigenvalue weighted by Crippen LogP contribution is 2.13. The molecule has 0 amide bonds. The Hall–Kier alpha value is -2.91. The maximum Gasteiger partial charge on any atom is 0.335 e. The molecule has 8 nitrogen and oxygen atoms in total. The molecule has 24 heavy (non-hydrogen) atoms. The van der Waals surface area contributed by atoms with E-state index >= 15 is 0 Å². The van der Waals surface area contributed by atoms with E-state index in [2.05, 4.69) is 14.7 Å². The molecular weight excluding hydrogens is 334 g/mol. The second kappa shape index (κ2) is 5.95. The van der Waals surface area contributed by atoms with E-state index in [1.807, 2.05) is 0 Å². The predicted octanol–water partition coefficient (Wildman–Crippen LogP) is 1.03. The Morgan fingerprint density at radius 1 is 1.04 bits per heavy atom. The van der Waals surface area contributed by atoms with Crippen molar-refractivity contribution in [2.24, 2.45) is 0 Å². The number of sulfonamides is 1. The molecule has 1 heterocycles. The van der Waals surface area contributed by atoms with Crippen LogP contribution >= 0.6 is 0 Å². The summed E-state index contributed by atoms with van der Waals surface area (Å²) in [5, 5.41) is 8.83. The van der Waals surface area contributed by atoms with Gasteiger partial charge in [0.2, 0.25) is 10.0 Å². The van der Waals surface area contributed by atoms with Gasteiger partial charge in [-0.3, -0.25) is 0 Å². The number of rotatable bonds is 5. The molecule has 0 fully saturated rings. The predicted molar refractivity (Wildman–Crippen MR) is 86.3 cm³/mol. The van der Waals surface area contributed by atoms with E-state index in [-0.39, 0.29) is 22.7 Å². The van der Waals surface area contributed by atoms with Crippen LogP contribution in [0.2, 0.25) is 0 Å². The Kier molecular flexibility index (Phi) is 3.96. The molecule has 0 aliphatic rings. The van der Waals surface area contributed by atoms with Crippen LogP contribution in [0.1, 0.15) is 15.9 Å². The molecule has 3 aromatic rings. The minimum Gasteiger partial charge on any atom is -0.478 e. The van der Waals surface area contributed by atoms with Gasteiger partial charge in [0.05, 0.1) is 21.5 Å². The van der Waals surface area contributed by atoms with Crippen LogP contribution in [0.3, 0.4) is 0 Å². The smallest absolute Gasteiger partial charge is 0.335 e. The molecule has 124 valence electrons. The Morgan fingerprint density at radius 2 is 1.71 bits per heavy atom. The fourth-order valence-electron chi connectivity index (χ4n) is 2.23. The van der Waals surface area contributed by atoms with Crippen molar-refractivity contribution in [3.63, 3.8) is 0 Å². The van der Waals surface area contributed by atoms with Gasteiger partial charge in [0.25, 0.3) is 0 Å². The average Bonchev–Trinajstić information content (AvgIpc) is 2.92. The number of carboxylic acid groups (broad SMARTS) is 1. The SMILES string of the molecule is O=C(O)c1ccc(S(=O)(=O)NCc2ccc3[nH]c(=O)[nH]c3c2)cc1. The molecule has 0 spiro atoms. The Labute approximate surface area is 136 Å². The number of aromatic nitrogens is 2. The molecule has 4 N–H and O–H groups in total. The van der Waals surface area contributed by atoms with Crippen molar-refractivity contribution in [3.8, 4) is 0 Å². The fraction of sp³-hybridized carbons (Fsp3) is 0.0667. The van der Waals surface area contributed by atoms with E-state index in [0.29, 0.717) is 16.6 Å². The third kappa shape index (κ3) is 3.21. The van der Waals surface area contributed by atoms with Crippen molar-refractivity contribution < 1.29 is 18.3 Å². The lowest BCUT2D eigenvalue weighted by atomic mass is 10.2. The number of carboxylic acids is 1. The van der Waals surface area contributed by atoms with Gasteiger partial charge in [-0.05, 0) is 42.0 Å². The maximum atomic E-state index is 12.2. The highest BCUT2D eigenvalue weighted by atomic mass is 32.2. The Morgan fingerprint density at radius 3 is 2.38 bits per heavy atom. The molecule has 2 aromatic carbocycles. The van der Waals surface area contributed by atoms with Crippen LogP contribution in [0.15, 0.2) is 52.2 Å². The van der Waals surface area contributed by atoms with E-state index in [1.54, 1.807) is 18.2 Å². The molecule has 0 unspecified atom stereocenters. The first-order valence-electron chi connectivity index (χ1n) is 6.89. The van der Waals surface area contributed by atoms with Gasteiger partial charge in [0.1, 0.15) is 0 Å². The quantitative estimate of drug-likeness (QED) is 0.547. The number of aromatic amines is 2. The number of hydrogen-bond acceptors (Lipinski definition) is 4. The molecule has 0 saturated carbocycles. The monoisotopic (exact) mass is 347 g/mol. The molecule has 3 rings (SSSR count). The van der Waals surface area contributed by atoms with Crippen LogP contribution in [-0.2, 0) is 16.6 Å². The highest BCUT2D eigenvalue weighted by molar-refractivity contribution is 7.89. The van der Waals surface area contributed by atoms with Crippen molar-refractivity contribution >= 4 is 27.0 Å². The molecule has 1 aromatic heterocycles. The zero-order valence-corrected chi connectivity index (χ0v) is 13.1. The van der Waals surface area contributed by atoms with E-state index in [9.17, 15) is 18.0 Å². The lowest BCUT2D eigenvalue weighted by Gasteiger charge is -2.07. The van der Waals surface area contributed by atoms with Crippen LogP contribution in [0.25, 0.3) is 11.0 Å². The van der Waals surface area contributed by atoms with Gasteiger partial charge in [-0.25, -0.2) is 22.7 Å². The number of fused-ring (bicyclic) bond motifs is 1. The molecular formula is C15H13N3O5S. The Bertz CT molecular complexity index is 1060. The summed E-state index contributed by atoms with van der Waals surface area (Å²) in [6.07, 6.45) is 0. The van der Waals surface area contributed by atoms with E-state index in [1.165, 1.54) is 24.3 Å². The number of nitrogens with one attached hydrogen (secondary N) is 3. The summed E-state index contributed by atoms with van der Waals surface area (Å²) in [6.45, 7) is 0.0339. The van der Waals surface area contributed by atoms with Gasteiger partial charge in [-0.15, -0.1) is 0 Å². The molecule has 0 bridgehead atoms. The van der Waals surface area contributed by atoms with Crippen LogP contribution < -0.4 is 10.4 Å². The number of carbonyl (C=O) groups is 1. The van der Waals surface area contributed by atoms with Gasteiger partial charge >= 0.3 is 11.7 Å². The third-order valence-corrected chi connectivity index (χ3v) is 4.88. The van der Waals surface area contributed by atoms with Crippen molar-refractivity contribution in [2.75, 3.05) is 0 Å². The molecule has 0 atom stereocenters. The highest BCUT2D eigenvalue weighted by Gasteiger charge is 2.14. The fourth-order valence-corrected chi connectivity index (χ4v) is 3.25. The van der Waals surface area contributed by atoms with Crippen LogP contribution in [-0.4, -0.2) is 29.5 Å². The summed E-state index contributed by atoms with van der Waals surface area (Å²) in [4.78, 5) is 27.2. The van der Waals surface area contributed by atoms with E-state index in [4.69, 9.17) is 5.11 Å². The average molecular weight is 347 g/mol. The van der Waals surface area contributed by atoms with E-state index < -0.39 is 16.0 Å². The van der Waals surface area contributed by atoms with Crippen LogP contribution in [0.5, 0.6) is 0 Å². The molecule has 0 aliphatic heterocycles. The number of H-pyrrole nitrogens is 2. The Balaban J connectivity index is 1.78. The number of aromatic carboxylic acids is 1. The lowest BCUT2D eigenvalue weighted by Crippen LogP contribution is -2.23. The molecule has 0 radical (unpaired) electrons. The summed E-state index contributed by atoms with van der Waals surface area (Å²) in [6, 6.07) is 9.97. The standard InChI is InChI=1S/C15H13N3O5S/c19-14(20)10-2-4-11(5-3-10)24(22,23)16-8-9-1-6-12-13(7-9)18-15(21)17-12/h1-7,16H,8H2,(H,19,20)(H2,17,18,21). The number of benzene rings is 2.